The van der Waals surface area contributed by atoms with E-state index in [1.165, 1.54) is 12.1 Å². The summed E-state index contributed by atoms with van der Waals surface area (Å²) in [5.41, 5.74) is -0.752. The van der Waals surface area contributed by atoms with Crippen LogP contribution in [0.2, 0.25) is 5.02 Å². The van der Waals surface area contributed by atoms with Gasteiger partial charge in [-0.05, 0) is 29.8 Å². The summed E-state index contributed by atoms with van der Waals surface area (Å²) in [5.74, 6) is -1.31. The van der Waals surface area contributed by atoms with Gasteiger partial charge in [0.15, 0.2) is 0 Å². The molecule has 3 rings (SSSR count). The Kier molecular flexibility index (Phi) is 6.30. The van der Waals surface area contributed by atoms with Gasteiger partial charge in [-0.15, -0.1) is 0 Å². The molecule has 0 unspecified atom stereocenters. The van der Waals surface area contributed by atoms with Crippen molar-refractivity contribution in [2.24, 2.45) is 0 Å². The predicted octanol–water partition coefficient (Wildman–Crippen LogP) is 5.20. The highest BCUT2D eigenvalue weighted by Crippen LogP contribution is 2.35. The molecular weight excluding hydrogens is 445 g/mol. The predicted molar refractivity (Wildman–Crippen MR) is 111 cm³/mol. The first kappa shape index (κ1) is 21.4. The number of nitrogens with zero attached hydrogens (tertiary/aromatic N) is 1. The van der Waals surface area contributed by atoms with Gasteiger partial charge in [0.05, 0.1) is 16.2 Å². The average molecular weight is 457 g/mol. The van der Waals surface area contributed by atoms with Gasteiger partial charge in [0.25, 0.3) is 5.91 Å². The second kappa shape index (κ2) is 8.56. The number of amides is 2. The number of carbonyl (C=O) groups is 2. The van der Waals surface area contributed by atoms with Crippen LogP contribution in [0.3, 0.4) is 0 Å². The van der Waals surface area contributed by atoms with Crippen LogP contribution in [0.5, 0.6) is 0 Å². The van der Waals surface area contributed by atoms with E-state index in [0.717, 1.165) is 28.8 Å². The van der Waals surface area contributed by atoms with Crippen LogP contribution in [-0.2, 0) is 15.8 Å². The minimum atomic E-state index is -4.62. The van der Waals surface area contributed by atoms with Gasteiger partial charge in [-0.2, -0.15) is 13.2 Å². The minimum Gasteiger partial charge on any atom is -0.324 e. The number of anilines is 1. The molecule has 2 aromatic rings. The van der Waals surface area contributed by atoms with Crippen molar-refractivity contribution >= 4 is 63.5 Å². The van der Waals surface area contributed by atoms with E-state index in [9.17, 15) is 22.8 Å². The van der Waals surface area contributed by atoms with Crippen LogP contribution >= 0.6 is 35.6 Å². The van der Waals surface area contributed by atoms with Crippen molar-refractivity contribution in [3.8, 4) is 0 Å². The molecular formula is C19H12ClF3N2O2S2. The zero-order chi connectivity index (χ0) is 21.2. The fraction of sp³-hybridized carbons (Fsp3) is 0.105. The fourth-order valence-corrected chi connectivity index (χ4v) is 3.98. The Morgan fingerprint density at radius 1 is 1.17 bits per heavy atom. The Morgan fingerprint density at radius 2 is 1.83 bits per heavy atom. The summed E-state index contributed by atoms with van der Waals surface area (Å²) in [7, 11) is 0. The van der Waals surface area contributed by atoms with Crippen molar-refractivity contribution in [1.82, 2.24) is 4.90 Å². The largest absolute Gasteiger partial charge is 0.418 e. The SMILES string of the molecule is O=C(CN1C(=O)/C(=C/c2ccccc2Cl)SC1=S)Nc1ccccc1C(F)(F)F. The first-order valence-corrected chi connectivity index (χ1v) is 9.73. The molecule has 29 heavy (non-hydrogen) atoms. The number of carbonyl (C=O) groups excluding carboxylic acids is 2. The van der Waals surface area contributed by atoms with E-state index in [2.05, 4.69) is 5.32 Å². The number of rotatable bonds is 4. The number of alkyl halides is 3. The number of hydrogen-bond acceptors (Lipinski definition) is 4. The van der Waals surface area contributed by atoms with Crippen molar-refractivity contribution in [2.45, 2.75) is 6.18 Å². The van der Waals surface area contributed by atoms with Gasteiger partial charge < -0.3 is 5.32 Å². The molecule has 150 valence electrons. The summed E-state index contributed by atoms with van der Waals surface area (Å²) in [6, 6.07) is 11.5. The molecule has 1 aliphatic heterocycles. The number of nitrogens with one attached hydrogen (secondary N) is 1. The molecule has 0 aliphatic carbocycles. The lowest BCUT2D eigenvalue weighted by molar-refractivity contribution is -0.137. The Bertz CT molecular complexity index is 1020. The molecule has 0 aromatic heterocycles. The van der Waals surface area contributed by atoms with E-state index in [4.69, 9.17) is 23.8 Å². The number of hydrogen-bond donors (Lipinski definition) is 1. The van der Waals surface area contributed by atoms with E-state index >= 15 is 0 Å². The lowest BCUT2D eigenvalue weighted by atomic mass is 10.1. The molecule has 1 saturated heterocycles. The third-order valence-corrected chi connectivity index (χ3v) is 5.60. The van der Waals surface area contributed by atoms with Crippen LogP contribution in [0, 0.1) is 0 Å². The summed E-state index contributed by atoms with van der Waals surface area (Å²) in [6.07, 6.45) is -3.07. The molecule has 0 spiro atoms. The third-order valence-electron chi connectivity index (χ3n) is 3.87. The maximum Gasteiger partial charge on any atom is 0.418 e. The van der Waals surface area contributed by atoms with Crippen molar-refractivity contribution in [3.05, 3.63) is 69.6 Å². The molecule has 4 nitrogen and oxygen atoms in total. The molecule has 1 aliphatic rings. The topological polar surface area (TPSA) is 49.4 Å². The number of thiocarbonyl (C=S) groups is 1. The molecule has 0 bridgehead atoms. The molecule has 0 atom stereocenters. The molecule has 10 heteroatoms. The molecule has 1 heterocycles. The van der Waals surface area contributed by atoms with Crippen LogP contribution < -0.4 is 5.32 Å². The maximum absolute atomic E-state index is 13.1. The van der Waals surface area contributed by atoms with Crippen LogP contribution in [0.1, 0.15) is 11.1 Å². The zero-order valence-electron chi connectivity index (χ0n) is 14.5. The third kappa shape index (κ3) is 4.98. The molecule has 1 N–H and O–H groups in total. The van der Waals surface area contributed by atoms with E-state index in [-0.39, 0.29) is 14.9 Å². The molecule has 0 radical (unpaired) electrons. The Morgan fingerprint density at radius 3 is 2.52 bits per heavy atom. The second-order valence-electron chi connectivity index (χ2n) is 5.88. The van der Waals surface area contributed by atoms with E-state index in [1.807, 2.05) is 0 Å². The maximum atomic E-state index is 13.1. The summed E-state index contributed by atoms with van der Waals surface area (Å²) >= 11 is 12.2. The van der Waals surface area contributed by atoms with Crippen LogP contribution in [0.25, 0.3) is 6.08 Å². The van der Waals surface area contributed by atoms with Crippen molar-refractivity contribution in [2.75, 3.05) is 11.9 Å². The highest BCUT2D eigenvalue weighted by atomic mass is 35.5. The van der Waals surface area contributed by atoms with Gasteiger partial charge in [0.1, 0.15) is 10.9 Å². The Hall–Kier alpha value is -2.36. The molecule has 2 aromatic carbocycles. The summed E-state index contributed by atoms with van der Waals surface area (Å²) in [5, 5.41) is 2.64. The standard InChI is InChI=1S/C19H12ClF3N2O2S2/c20-13-7-3-1-5-11(13)9-15-17(27)25(18(28)29-15)10-16(26)24-14-8-4-2-6-12(14)19(21,22)23/h1-9H,10H2,(H,24,26)/b15-9-. The number of thioether (sulfide) groups is 1. The van der Waals surface area contributed by atoms with Crippen molar-refractivity contribution < 1.29 is 22.8 Å². The van der Waals surface area contributed by atoms with Gasteiger partial charge in [0.2, 0.25) is 5.91 Å². The summed E-state index contributed by atoms with van der Waals surface area (Å²) < 4.78 is 39.3. The summed E-state index contributed by atoms with van der Waals surface area (Å²) in [4.78, 5) is 26.2. The van der Waals surface area contributed by atoms with Gasteiger partial charge >= 0.3 is 6.18 Å². The van der Waals surface area contributed by atoms with Crippen LogP contribution in [0.15, 0.2) is 53.4 Å². The number of benzene rings is 2. The van der Waals surface area contributed by atoms with Gasteiger partial charge in [0, 0.05) is 5.02 Å². The monoisotopic (exact) mass is 456 g/mol. The van der Waals surface area contributed by atoms with E-state index in [1.54, 1.807) is 30.3 Å². The van der Waals surface area contributed by atoms with Gasteiger partial charge in [-0.3, -0.25) is 14.5 Å². The van der Waals surface area contributed by atoms with Crippen LogP contribution in [0.4, 0.5) is 18.9 Å². The number of para-hydroxylation sites is 1. The van der Waals surface area contributed by atoms with E-state index < -0.39 is 30.1 Å². The minimum absolute atomic E-state index is 0.132. The smallest absolute Gasteiger partial charge is 0.324 e. The van der Waals surface area contributed by atoms with Gasteiger partial charge in [-0.25, -0.2) is 0 Å². The van der Waals surface area contributed by atoms with E-state index in [0.29, 0.717) is 10.6 Å². The quantitative estimate of drug-likeness (QED) is 0.507. The lowest BCUT2D eigenvalue weighted by Gasteiger charge is -2.16. The van der Waals surface area contributed by atoms with Crippen LogP contribution in [-0.4, -0.2) is 27.6 Å². The Balaban J connectivity index is 1.74. The number of halogens is 4. The highest BCUT2D eigenvalue weighted by Gasteiger charge is 2.35. The lowest BCUT2D eigenvalue weighted by Crippen LogP contribution is -2.36. The van der Waals surface area contributed by atoms with Crippen molar-refractivity contribution in [3.63, 3.8) is 0 Å². The summed E-state index contributed by atoms with van der Waals surface area (Å²) in [6.45, 7) is -0.503. The average Bonchev–Trinajstić information content (AvgIpc) is 2.90. The van der Waals surface area contributed by atoms with Crippen molar-refractivity contribution in [1.29, 1.82) is 0 Å². The zero-order valence-corrected chi connectivity index (χ0v) is 16.9. The molecule has 1 fully saturated rings. The Labute approximate surface area is 178 Å². The normalized spacial score (nSPS) is 15.9. The first-order chi connectivity index (χ1) is 13.7. The fourth-order valence-electron chi connectivity index (χ4n) is 2.54. The van der Waals surface area contributed by atoms with Gasteiger partial charge in [-0.1, -0.05) is 65.9 Å². The highest BCUT2D eigenvalue weighted by molar-refractivity contribution is 8.26. The first-order valence-electron chi connectivity index (χ1n) is 8.13. The second-order valence-corrected chi connectivity index (χ2v) is 7.96. The molecule has 2 amide bonds. The molecule has 0 saturated carbocycles.